The van der Waals surface area contributed by atoms with Crippen LogP contribution in [0.2, 0.25) is 0 Å². The molecule has 110 valence electrons. The van der Waals surface area contributed by atoms with E-state index in [2.05, 4.69) is 16.8 Å². The van der Waals surface area contributed by atoms with Gasteiger partial charge in [-0.15, -0.1) is 10.2 Å². The number of hydrogen-bond donors (Lipinski definition) is 0. The predicted octanol–water partition coefficient (Wildman–Crippen LogP) is 3.27. The first-order valence-corrected chi connectivity index (χ1v) is 6.48. The fraction of sp³-hybridized carbons (Fsp3) is 0.0625. The second-order valence-electron chi connectivity index (χ2n) is 4.90. The molecule has 0 amide bonds. The van der Waals surface area contributed by atoms with Crippen molar-refractivity contribution >= 4 is 17.0 Å². The molecule has 0 aliphatic rings. The van der Waals surface area contributed by atoms with E-state index >= 15 is 0 Å². The smallest absolute Gasteiger partial charge is 0.197 e. The van der Waals surface area contributed by atoms with Gasteiger partial charge < -0.3 is 0 Å². The van der Waals surface area contributed by atoms with Crippen molar-refractivity contribution in [2.24, 2.45) is 0 Å². The summed E-state index contributed by atoms with van der Waals surface area (Å²) in [6, 6.07) is 5.99. The Balaban J connectivity index is 2.11. The van der Waals surface area contributed by atoms with Crippen LogP contribution < -0.4 is 0 Å². The number of benzene rings is 1. The molecule has 0 unspecified atom stereocenters. The number of pyridine rings is 1. The summed E-state index contributed by atoms with van der Waals surface area (Å²) >= 11 is 0. The molecule has 0 bridgehead atoms. The number of allylic oxidation sites excluding steroid dienone is 1. The van der Waals surface area contributed by atoms with Crippen molar-refractivity contribution in [2.45, 2.75) is 6.92 Å². The zero-order valence-corrected chi connectivity index (χ0v) is 11.7. The number of aromatic nitrogens is 3. The summed E-state index contributed by atoms with van der Waals surface area (Å²) in [5, 5.41) is 7.94. The lowest BCUT2D eigenvalue weighted by molar-refractivity contribution is 0.103. The van der Waals surface area contributed by atoms with Gasteiger partial charge in [0.05, 0.1) is 5.56 Å². The molecule has 0 saturated heterocycles. The summed E-state index contributed by atoms with van der Waals surface area (Å²) < 4.78 is 28.3. The number of halogens is 2. The largest absolute Gasteiger partial charge is 0.288 e. The molecule has 0 aliphatic heterocycles. The van der Waals surface area contributed by atoms with Crippen LogP contribution in [-0.4, -0.2) is 20.4 Å². The number of carbonyl (C=O) groups is 1. The van der Waals surface area contributed by atoms with E-state index in [0.29, 0.717) is 23.1 Å². The summed E-state index contributed by atoms with van der Waals surface area (Å²) in [6.45, 7) is 5.56. The molecule has 3 aromatic rings. The van der Waals surface area contributed by atoms with Crippen LogP contribution in [0.15, 0.2) is 43.1 Å². The minimum absolute atomic E-state index is 0.189. The van der Waals surface area contributed by atoms with E-state index in [-0.39, 0.29) is 11.1 Å². The van der Waals surface area contributed by atoms with E-state index in [1.165, 1.54) is 12.3 Å². The molecule has 3 rings (SSSR count). The molecule has 22 heavy (non-hydrogen) atoms. The van der Waals surface area contributed by atoms with Crippen LogP contribution in [-0.2, 0) is 0 Å². The highest BCUT2D eigenvalue weighted by Crippen LogP contribution is 2.17. The fourth-order valence-corrected chi connectivity index (χ4v) is 2.15. The molecule has 0 saturated carbocycles. The van der Waals surface area contributed by atoms with Crippen LogP contribution in [0.3, 0.4) is 0 Å². The van der Waals surface area contributed by atoms with Crippen molar-refractivity contribution in [3.63, 3.8) is 0 Å². The van der Waals surface area contributed by atoms with E-state index in [1.54, 1.807) is 17.4 Å². The highest BCUT2D eigenvalue weighted by Gasteiger charge is 2.16. The lowest BCUT2D eigenvalue weighted by atomic mass is 10.0. The van der Waals surface area contributed by atoms with Crippen LogP contribution in [0.5, 0.6) is 0 Å². The molecule has 0 radical (unpaired) electrons. The molecular formula is C16H11F2N3O. The molecule has 6 heteroatoms. The van der Waals surface area contributed by atoms with Crippen molar-refractivity contribution in [2.75, 3.05) is 0 Å². The minimum atomic E-state index is -0.894. The van der Waals surface area contributed by atoms with Crippen molar-refractivity contribution < 1.29 is 13.6 Å². The van der Waals surface area contributed by atoms with Crippen molar-refractivity contribution in [1.82, 2.24) is 14.6 Å². The number of nitrogens with zero attached hydrogens (tertiary/aromatic N) is 3. The van der Waals surface area contributed by atoms with Gasteiger partial charge in [0, 0.05) is 17.8 Å². The number of ketones is 1. The van der Waals surface area contributed by atoms with E-state index < -0.39 is 17.4 Å². The van der Waals surface area contributed by atoms with Gasteiger partial charge >= 0.3 is 0 Å². The van der Waals surface area contributed by atoms with Gasteiger partial charge in [0.2, 0.25) is 0 Å². The average Bonchev–Trinajstić information content (AvgIpc) is 2.89. The summed E-state index contributed by atoms with van der Waals surface area (Å²) in [4.78, 5) is 12.4. The van der Waals surface area contributed by atoms with E-state index in [0.717, 1.165) is 12.1 Å². The zero-order chi connectivity index (χ0) is 15.9. The van der Waals surface area contributed by atoms with Gasteiger partial charge in [-0.2, -0.15) is 0 Å². The third-order valence-electron chi connectivity index (χ3n) is 3.22. The molecule has 0 spiro atoms. The Kier molecular flexibility index (Phi) is 3.29. The monoisotopic (exact) mass is 299 g/mol. The zero-order valence-electron chi connectivity index (χ0n) is 11.7. The van der Waals surface area contributed by atoms with Crippen LogP contribution in [0.4, 0.5) is 8.78 Å². The number of rotatable bonds is 3. The molecule has 2 aromatic heterocycles. The first-order chi connectivity index (χ1) is 10.5. The number of hydrogen-bond acceptors (Lipinski definition) is 3. The summed E-state index contributed by atoms with van der Waals surface area (Å²) in [7, 11) is 0. The normalized spacial score (nSPS) is 10.9. The van der Waals surface area contributed by atoms with Gasteiger partial charge in [-0.25, -0.2) is 8.78 Å². The Labute approximate surface area is 124 Å². The van der Waals surface area contributed by atoms with Gasteiger partial charge in [-0.05, 0) is 36.8 Å². The molecule has 0 atom stereocenters. The second-order valence-corrected chi connectivity index (χ2v) is 4.90. The van der Waals surface area contributed by atoms with E-state index in [4.69, 9.17) is 0 Å². The summed E-state index contributed by atoms with van der Waals surface area (Å²) in [5.41, 5.74) is 1.30. The van der Waals surface area contributed by atoms with Gasteiger partial charge in [0.15, 0.2) is 17.3 Å². The molecule has 2 heterocycles. The Bertz CT molecular complexity index is 915. The lowest BCUT2D eigenvalue weighted by Crippen LogP contribution is -2.06. The van der Waals surface area contributed by atoms with Gasteiger partial charge in [0.25, 0.3) is 0 Å². The fourth-order valence-electron chi connectivity index (χ4n) is 2.15. The van der Waals surface area contributed by atoms with Crippen molar-refractivity contribution in [3.05, 3.63) is 71.7 Å². The van der Waals surface area contributed by atoms with Crippen LogP contribution in [0.25, 0.3) is 11.2 Å². The molecule has 4 nitrogen and oxygen atoms in total. The topological polar surface area (TPSA) is 47.3 Å². The maximum Gasteiger partial charge on any atom is 0.197 e. The Morgan fingerprint density at radius 1 is 1.18 bits per heavy atom. The van der Waals surface area contributed by atoms with Gasteiger partial charge in [0.1, 0.15) is 11.6 Å². The molecule has 0 aliphatic carbocycles. The third kappa shape index (κ3) is 2.28. The summed E-state index contributed by atoms with van der Waals surface area (Å²) in [5.74, 6) is -1.65. The first-order valence-electron chi connectivity index (χ1n) is 6.48. The van der Waals surface area contributed by atoms with Crippen molar-refractivity contribution in [3.8, 4) is 0 Å². The number of carbonyl (C=O) groups excluding carboxylic acids is 1. The highest BCUT2D eigenvalue weighted by atomic mass is 19.1. The molecule has 1 aromatic carbocycles. The SMILES string of the molecule is C=C(C)c1nnc2ccc(C(=O)c3ccc(F)cc3F)cn12. The highest BCUT2D eigenvalue weighted by molar-refractivity contribution is 6.09. The van der Waals surface area contributed by atoms with Crippen LogP contribution in [0, 0.1) is 11.6 Å². The lowest BCUT2D eigenvalue weighted by Gasteiger charge is -2.05. The maximum atomic E-state index is 13.7. The molecule has 0 fully saturated rings. The second kappa shape index (κ2) is 5.14. The maximum absolute atomic E-state index is 13.7. The number of fused-ring (bicyclic) bond motifs is 1. The van der Waals surface area contributed by atoms with E-state index in [9.17, 15) is 13.6 Å². The van der Waals surface area contributed by atoms with Gasteiger partial charge in [-0.3, -0.25) is 9.20 Å². The first kappa shape index (κ1) is 14.1. The standard InChI is InChI=1S/C16H11F2N3O/c1-9(2)16-20-19-14-6-3-10(8-21(14)16)15(22)12-5-4-11(17)7-13(12)18/h3-8H,1H2,2H3. The average molecular weight is 299 g/mol. The Hall–Kier alpha value is -2.89. The van der Waals surface area contributed by atoms with Crippen LogP contribution >= 0.6 is 0 Å². The van der Waals surface area contributed by atoms with Crippen LogP contribution in [0.1, 0.15) is 28.7 Å². The van der Waals surface area contributed by atoms with Gasteiger partial charge in [-0.1, -0.05) is 6.58 Å². The Morgan fingerprint density at radius 2 is 1.95 bits per heavy atom. The van der Waals surface area contributed by atoms with E-state index in [1.807, 2.05) is 0 Å². The Morgan fingerprint density at radius 3 is 2.64 bits per heavy atom. The third-order valence-corrected chi connectivity index (χ3v) is 3.22. The minimum Gasteiger partial charge on any atom is -0.288 e. The molecule has 0 N–H and O–H groups in total. The summed E-state index contributed by atoms with van der Waals surface area (Å²) in [6.07, 6.45) is 1.52. The van der Waals surface area contributed by atoms with Crippen molar-refractivity contribution in [1.29, 1.82) is 0 Å². The quantitative estimate of drug-likeness (QED) is 0.697. The molecular weight excluding hydrogens is 288 g/mol. The predicted molar refractivity (Wildman–Crippen MR) is 77.5 cm³/mol.